The Morgan fingerprint density at radius 3 is 2.90 bits per heavy atom. The molecular formula is C16H19NO2S. The molecule has 0 saturated heterocycles. The molecule has 4 heteroatoms. The van der Waals surface area contributed by atoms with Gasteiger partial charge in [0, 0.05) is 17.3 Å². The lowest BCUT2D eigenvalue weighted by Gasteiger charge is -2.12. The van der Waals surface area contributed by atoms with Gasteiger partial charge >= 0.3 is 5.97 Å². The van der Waals surface area contributed by atoms with E-state index in [1.807, 2.05) is 24.3 Å². The van der Waals surface area contributed by atoms with Crippen LogP contribution < -0.4 is 5.32 Å². The highest BCUT2D eigenvalue weighted by atomic mass is 32.1. The third kappa shape index (κ3) is 2.58. The number of carbonyl (C=O) groups is 1. The van der Waals surface area contributed by atoms with Gasteiger partial charge in [0.15, 0.2) is 0 Å². The zero-order valence-electron chi connectivity index (χ0n) is 11.6. The average Bonchev–Trinajstić information content (AvgIpc) is 3.00. The van der Waals surface area contributed by atoms with E-state index < -0.39 is 5.97 Å². The molecule has 2 N–H and O–H groups in total. The maximum atomic E-state index is 11.4. The van der Waals surface area contributed by atoms with E-state index in [4.69, 9.17) is 0 Å². The van der Waals surface area contributed by atoms with Crippen molar-refractivity contribution in [3.63, 3.8) is 0 Å². The Kier molecular flexibility index (Phi) is 3.76. The molecule has 2 atom stereocenters. The molecule has 0 radical (unpaired) electrons. The molecule has 1 aromatic heterocycles. The van der Waals surface area contributed by atoms with Crippen molar-refractivity contribution in [1.29, 1.82) is 0 Å². The third-order valence-corrected chi connectivity index (χ3v) is 5.36. The Balaban J connectivity index is 1.85. The summed E-state index contributed by atoms with van der Waals surface area (Å²) in [5.41, 5.74) is 0.942. The second-order valence-corrected chi connectivity index (χ2v) is 6.76. The number of aromatic carboxylic acids is 1. The molecule has 2 aromatic rings. The number of carboxylic acid groups (broad SMARTS) is 1. The molecule has 106 valence electrons. The first-order valence-corrected chi connectivity index (χ1v) is 7.94. The fourth-order valence-corrected chi connectivity index (χ4v) is 4.15. The van der Waals surface area contributed by atoms with Crippen LogP contribution in [0.2, 0.25) is 0 Å². The molecule has 2 unspecified atom stereocenters. The minimum Gasteiger partial charge on any atom is -0.477 e. The maximum Gasteiger partial charge on any atom is 0.346 e. The standard InChI is InChI=1S/C16H19NO2S/c1-10-6-7-11(8-10)17-9-13-12-4-2-3-5-14(12)20-15(13)16(18)19/h2-5,10-11,17H,6-9H2,1H3,(H,18,19). The van der Waals surface area contributed by atoms with Gasteiger partial charge in [0.05, 0.1) is 0 Å². The molecule has 1 heterocycles. The highest BCUT2D eigenvalue weighted by Gasteiger charge is 2.22. The minimum atomic E-state index is -0.817. The van der Waals surface area contributed by atoms with Crippen molar-refractivity contribution >= 4 is 27.4 Å². The summed E-state index contributed by atoms with van der Waals surface area (Å²) < 4.78 is 1.06. The van der Waals surface area contributed by atoms with Gasteiger partial charge in [-0.15, -0.1) is 11.3 Å². The van der Waals surface area contributed by atoms with Crippen molar-refractivity contribution in [2.45, 2.75) is 38.8 Å². The largest absolute Gasteiger partial charge is 0.477 e. The van der Waals surface area contributed by atoms with E-state index in [-0.39, 0.29) is 0 Å². The van der Waals surface area contributed by atoms with Crippen molar-refractivity contribution in [2.24, 2.45) is 5.92 Å². The lowest BCUT2D eigenvalue weighted by atomic mass is 10.1. The zero-order valence-corrected chi connectivity index (χ0v) is 12.4. The molecular weight excluding hydrogens is 270 g/mol. The molecule has 1 aliphatic carbocycles. The highest BCUT2D eigenvalue weighted by Crippen LogP contribution is 2.32. The van der Waals surface area contributed by atoms with E-state index >= 15 is 0 Å². The van der Waals surface area contributed by atoms with Gasteiger partial charge in [0.1, 0.15) is 4.88 Å². The zero-order chi connectivity index (χ0) is 14.1. The number of fused-ring (bicyclic) bond motifs is 1. The van der Waals surface area contributed by atoms with Gasteiger partial charge in [-0.05, 0) is 42.2 Å². The van der Waals surface area contributed by atoms with Crippen molar-refractivity contribution in [2.75, 3.05) is 0 Å². The van der Waals surface area contributed by atoms with E-state index in [1.54, 1.807) is 0 Å². The third-order valence-electron chi connectivity index (χ3n) is 4.15. The van der Waals surface area contributed by atoms with Crippen molar-refractivity contribution in [3.8, 4) is 0 Å². The highest BCUT2D eigenvalue weighted by molar-refractivity contribution is 7.21. The lowest BCUT2D eigenvalue weighted by Crippen LogP contribution is -2.26. The molecule has 0 aliphatic heterocycles. The molecule has 3 rings (SSSR count). The molecule has 20 heavy (non-hydrogen) atoms. The average molecular weight is 289 g/mol. The van der Waals surface area contributed by atoms with Gasteiger partial charge in [-0.25, -0.2) is 4.79 Å². The Bertz CT molecular complexity index is 634. The van der Waals surface area contributed by atoms with Crippen molar-refractivity contribution in [3.05, 3.63) is 34.7 Å². The number of hydrogen-bond acceptors (Lipinski definition) is 3. The van der Waals surface area contributed by atoms with E-state index in [0.717, 1.165) is 21.6 Å². The van der Waals surface area contributed by atoms with E-state index in [0.29, 0.717) is 17.5 Å². The molecule has 1 fully saturated rings. The fraction of sp³-hybridized carbons (Fsp3) is 0.438. The minimum absolute atomic E-state index is 0.477. The first-order chi connectivity index (χ1) is 9.65. The number of hydrogen-bond donors (Lipinski definition) is 2. The first-order valence-electron chi connectivity index (χ1n) is 7.12. The van der Waals surface area contributed by atoms with Crippen LogP contribution in [-0.4, -0.2) is 17.1 Å². The fourth-order valence-electron chi connectivity index (χ4n) is 3.09. The molecule has 0 bridgehead atoms. The SMILES string of the molecule is CC1CCC(NCc2c(C(=O)O)sc3ccccc23)C1. The Morgan fingerprint density at radius 1 is 1.40 bits per heavy atom. The molecule has 1 saturated carbocycles. The summed E-state index contributed by atoms with van der Waals surface area (Å²) in [4.78, 5) is 11.9. The number of carboxylic acids is 1. The second-order valence-electron chi connectivity index (χ2n) is 5.71. The Labute approximate surface area is 122 Å². The van der Waals surface area contributed by atoms with Crippen LogP contribution in [0, 0.1) is 5.92 Å². The quantitative estimate of drug-likeness (QED) is 0.898. The van der Waals surface area contributed by atoms with Gasteiger partial charge in [-0.2, -0.15) is 0 Å². The molecule has 3 nitrogen and oxygen atoms in total. The number of nitrogens with one attached hydrogen (secondary N) is 1. The summed E-state index contributed by atoms with van der Waals surface area (Å²) in [5, 5.41) is 14.0. The summed E-state index contributed by atoms with van der Waals surface area (Å²) >= 11 is 1.38. The number of rotatable bonds is 4. The summed E-state index contributed by atoms with van der Waals surface area (Å²) in [6, 6.07) is 8.48. The van der Waals surface area contributed by atoms with Crippen LogP contribution in [0.3, 0.4) is 0 Å². The molecule has 0 amide bonds. The monoisotopic (exact) mass is 289 g/mol. The Hall–Kier alpha value is -1.39. The predicted octanol–water partition coefficient (Wildman–Crippen LogP) is 3.88. The van der Waals surface area contributed by atoms with Crippen LogP contribution in [0.15, 0.2) is 24.3 Å². The van der Waals surface area contributed by atoms with E-state index in [2.05, 4.69) is 12.2 Å². The van der Waals surface area contributed by atoms with E-state index in [9.17, 15) is 9.90 Å². The van der Waals surface area contributed by atoms with Crippen LogP contribution in [-0.2, 0) is 6.54 Å². The molecule has 1 aromatic carbocycles. The Morgan fingerprint density at radius 2 is 2.20 bits per heavy atom. The van der Waals surface area contributed by atoms with Gasteiger partial charge in [0.2, 0.25) is 0 Å². The normalized spacial score (nSPS) is 22.4. The van der Waals surface area contributed by atoms with Crippen molar-refractivity contribution in [1.82, 2.24) is 5.32 Å². The van der Waals surface area contributed by atoms with Gasteiger partial charge in [-0.1, -0.05) is 25.1 Å². The molecule has 0 spiro atoms. The predicted molar refractivity (Wildman–Crippen MR) is 82.4 cm³/mol. The maximum absolute atomic E-state index is 11.4. The van der Waals surface area contributed by atoms with Crippen LogP contribution in [0.5, 0.6) is 0 Å². The topological polar surface area (TPSA) is 49.3 Å². The van der Waals surface area contributed by atoms with Crippen molar-refractivity contribution < 1.29 is 9.90 Å². The summed E-state index contributed by atoms with van der Waals surface area (Å²) in [7, 11) is 0. The van der Waals surface area contributed by atoms with Gasteiger partial charge in [0.25, 0.3) is 0 Å². The second kappa shape index (κ2) is 5.54. The first kappa shape index (κ1) is 13.6. The number of benzene rings is 1. The number of thiophene rings is 1. The van der Waals surface area contributed by atoms with Gasteiger partial charge < -0.3 is 10.4 Å². The summed E-state index contributed by atoms with van der Waals surface area (Å²) in [5.74, 6) is -0.0338. The van der Waals surface area contributed by atoms with Crippen LogP contribution in [0.1, 0.15) is 41.4 Å². The lowest BCUT2D eigenvalue weighted by molar-refractivity contribution is 0.0701. The molecule has 1 aliphatic rings. The summed E-state index contributed by atoms with van der Waals surface area (Å²) in [6.45, 7) is 2.94. The van der Waals surface area contributed by atoms with Crippen LogP contribution >= 0.6 is 11.3 Å². The van der Waals surface area contributed by atoms with Crippen LogP contribution in [0.25, 0.3) is 10.1 Å². The smallest absolute Gasteiger partial charge is 0.346 e. The summed E-state index contributed by atoms with van der Waals surface area (Å²) in [6.07, 6.45) is 3.67. The van der Waals surface area contributed by atoms with Gasteiger partial charge in [-0.3, -0.25) is 0 Å². The van der Waals surface area contributed by atoms with Crippen LogP contribution in [0.4, 0.5) is 0 Å². The van der Waals surface area contributed by atoms with E-state index in [1.165, 1.54) is 30.6 Å².